The number of hydrogen-bond acceptors (Lipinski definition) is 1. The Hall–Kier alpha value is 0.640. The average Bonchev–Trinajstić information content (AvgIpc) is 2.03. The Labute approximate surface area is 91.1 Å². The third kappa shape index (κ3) is 2.87. The summed E-state index contributed by atoms with van der Waals surface area (Å²) in [6.07, 6.45) is 0. The van der Waals surface area contributed by atoms with Gasteiger partial charge >= 0.3 is 91.9 Å². The minimum atomic E-state index is 0.128. The van der Waals surface area contributed by atoms with Crippen molar-refractivity contribution in [3.05, 3.63) is 33.4 Å². The van der Waals surface area contributed by atoms with Crippen LogP contribution in [0, 0.1) is 3.57 Å². The van der Waals surface area contributed by atoms with E-state index in [0.29, 0.717) is 4.05 Å². The molecule has 0 fully saturated rings. The van der Waals surface area contributed by atoms with Gasteiger partial charge in [-0.15, -0.1) is 0 Å². The third-order valence-corrected chi connectivity index (χ3v) is 4.13. The standard InChI is InChI=1S/C8H10I2N/c1-10-8(11)6-3-2-4-7(9)5-6/h2-5,8H,11H2,1H3/q-1/t8-/m1/s1. The molecule has 1 nitrogen and oxygen atoms in total. The zero-order chi connectivity index (χ0) is 8.27. The maximum atomic E-state index is 5.91. The molecule has 0 unspecified atom stereocenters. The monoisotopic (exact) mass is 374 g/mol. The second kappa shape index (κ2) is 4.61. The molecule has 62 valence electrons. The molecular weight excluding hydrogens is 364 g/mol. The Morgan fingerprint density at radius 1 is 1.55 bits per heavy atom. The summed E-state index contributed by atoms with van der Waals surface area (Å²) >= 11 is 2.44. The molecule has 0 spiro atoms. The van der Waals surface area contributed by atoms with Crippen LogP contribution in [-0.2, 0) is 0 Å². The molecular formula is C8H10I2N-. The van der Waals surface area contributed by atoms with Gasteiger partial charge in [0.2, 0.25) is 0 Å². The SMILES string of the molecule is C[I-][C@H](N)c1cccc(I)c1. The molecule has 0 heterocycles. The first-order valence-electron chi connectivity index (χ1n) is 3.23. The number of benzene rings is 1. The fraction of sp³-hybridized carbons (Fsp3) is 0.250. The van der Waals surface area contributed by atoms with E-state index in [-0.39, 0.29) is 21.2 Å². The molecule has 0 saturated heterocycles. The molecule has 0 aliphatic heterocycles. The van der Waals surface area contributed by atoms with E-state index < -0.39 is 0 Å². The van der Waals surface area contributed by atoms with Gasteiger partial charge in [-0.3, -0.25) is 0 Å². The molecule has 0 radical (unpaired) electrons. The first-order chi connectivity index (χ1) is 5.24. The van der Waals surface area contributed by atoms with Crippen molar-refractivity contribution >= 4 is 22.6 Å². The number of nitrogens with two attached hydrogens (primary N) is 1. The maximum absolute atomic E-state index is 5.91. The molecule has 0 amide bonds. The summed E-state index contributed by atoms with van der Waals surface area (Å²) in [6.45, 7) is 0. The summed E-state index contributed by atoms with van der Waals surface area (Å²) in [4.78, 5) is 2.21. The molecule has 0 bridgehead atoms. The summed E-state index contributed by atoms with van der Waals surface area (Å²) < 4.78 is 1.58. The van der Waals surface area contributed by atoms with E-state index in [0.717, 1.165) is 0 Å². The molecule has 1 aromatic rings. The van der Waals surface area contributed by atoms with Gasteiger partial charge in [0.05, 0.1) is 0 Å². The molecule has 1 aromatic carbocycles. The van der Waals surface area contributed by atoms with E-state index in [2.05, 4.69) is 51.8 Å². The number of alkyl halides is 2. The molecule has 1 rings (SSSR count). The van der Waals surface area contributed by atoms with Crippen LogP contribution in [0.5, 0.6) is 0 Å². The first kappa shape index (κ1) is 9.73. The number of rotatable bonds is 2. The zero-order valence-electron chi connectivity index (χ0n) is 6.22. The van der Waals surface area contributed by atoms with Crippen LogP contribution in [-0.4, -0.2) is 4.93 Å². The molecule has 3 heteroatoms. The van der Waals surface area contributed by atoms with Gasteiger partial charge in [0.15, 0.2) is 0 Å². The zero-order valence-corrected chi connectivity index (χ0v) is 10.5. The van der Waals surface area contributed by atoms with Crippen LogP contribution in [0.1, 0.15) is 9.61 Å². The van der Waals surface area contributed by atoms with Crippen LogP contribution >= 0.6 is 22.6 Å². The predicted molar refractivity (Wildman–Crippen MR) is 52.0 cm³/mol. The molecule has 2 N–H and O–H groups in total. The first-order valence-corrected chi connectivity index (χ1v) is 7.71. The van der Waals surface area contributed by atoms with Crippen molar-refractivity contribution in [2.45, 2.75) is 4.05 Å². The fourth-order valence-corrected chi connectivity index (χ4v) is 2.48. The van der Waals surface area contributed by atoms with Gasteiger partial charge in [0, 0.05) is 0 Å². The van der Waals surface area contributed by atoms with Gasteiger partial charge in [-0.25, -0.2) is 0 Å². The van der Waals surface area contributed by atoms with Crippen LogP contribution in [0.3, 0.4) is 0 Å². The average molecular weight is 374 g/mol. The molecule has 0 aliphatic carbocycles. The van der Waals surface area contributed by atoms with Crippen molar-refractivity contribution < 1.29 is 21.2 Å². The van der Waals surface area contributed by atoms with Crippen molar-refractivity contribution in [1.82, 2.24) is 0 Å². The summed E-state index contributed by atoms with van der Waals surface area (Å²) in [7, 11) is 0. The second-order valence-electron chi connectivity index (χ2n) is 2.17. The van der Waals surface area contributed by atoms with Crippen molar-refractivity contribution in [3.63, 3.8) is 0 Å². The normalized spacial score (nSPS) is 13.4. The van der Waals surface area contributed by atoms with E-state index in [4.69, 9.17) is 5.73 Å². The summed E-state index contributed by atoms with van der Waals surface area (Å²) in [5, 5.41) is 0. The molecule has 11 heavy (non-hydrogen) atoms. The van der Waals surface area contributed by atoms with Gasteiger partial charge in [-0.2, -0.15) is 0 Å². The van der Waals surface area contributed by atoms with Crippen molar-refractivity contribution in [2.75, 3.05) is 4.93 Å². The van der Waals surface area contributed by atoms with Crippen LogP contribution in [0.15, 0.2) is 24.3 Å². The summed E-state index contributed by atoms with van der Waals surface area (Å²) in [5.74, 6) is 0. The Morgan fingerprint density at radius 3 is 2.82 bits per heavy atom. The number of hydrogen-bond donors (Lipinski definition) is 1. The second-order valence-corrected chi connectivity index (χ2v) is 6.01. The van der Waals surface area contributed by atoms with Gasteiger partial charge in [0.25, 0.3) is 0 Å². The van der Waals surface area contributed by atoms with Gasteiger partial charge in [-0.1, -0.05) is 0 Å². The van der Waals surface area contributed by atoms with Crippen molar-refractivity contribution in [2.24, 2.45) is 5.73 Å². The van der Waals surface area contributed by atoms with E-state index in [9.17, 15) is 0 Å². The van der Waals surface area contributed by atoms with Crippen molar-refractivity contribution in [3.8, 4) is 0 Å². The van der Waals surface area contributed by atoms with Gasteiger partial charge in [-0.05, 0) is 0 Å². The molecule has 0 aliphatic rings. The number of halogens is 2. The fourth-order valence-electron chi connectivity index (χ4n) is 0.804. The van der Waals surface area contributed by atoms with E-state index in [1.165, 1.54) is 9.13 Å². The Balaban J connectivity index is 2.86. The van der Waals surface area contributed by atoms with Crippen LogP contribution < -0.4 is 26.9 Å². The predicted octanol–water partition coefficient (Wildman–Crippen LogP) is -1.03. The third-order valence-electron chi connectivity index (χ3n) is 1.40. The van der Waals surface area contributed by atoms with Gasteiger partial charge < -0.3 is 0 Å². The van der Waals surface area contributed by atoms with Crippen molar-refractivity contribution in [1.29, 1.82) is 0 Å². The Kier molecular flexibility index (Phi) is 4.08. The minimum absolute atomic E-state index is 0.128. The summed E-state index contributed by atoms with van der Waals surface area (Å²) in [6, 6.07) is 8.42. The molecule has 0 saturated carbocycles. The molecule has 0 aromatic heterocycles. The van der Waals surface area contributed by atoms with E-state index in [1.54, 1.807) is 0 Å². The molecule has 1 atom stereocenters. The topological polar surface area (TPSA) is 26.0 Å². The quantitative estimate of drug-likeness (QED) is 0.400. The summed E-state index contributed by atoms with van der Waals surface area (Å²) in [5.41, 5.74) is 7.19. The Morgan fingerprint density at radius 2 is 2.27 bits per heavy atom. The Bertz CT molecular complexity index is 237. The van der Waals surface area contributed by atoms with E-state index in [1.807, 2.05) is 0 Å². The van der Waals surface area contributed by atoms with Crippen LogP contribution in [0.25, 0.3) is 0 Å². The van der Waals surface area contributed by atoms with Gasteiger partial charge in [0.1, 0.15) is 0 Å². The van der Waals surface area contributed by atoms with Crippen LogP contribution in [0.4, 0.5) is 0 Å². The van der Waals surface area contributed by atoms with E-state index >= 15 is 0 Å². The van der Waals surface area contributed by atoms with Crippen LogP contribution in [0.2, 0.25) is 0 Å².